The molecule has 1 saturated heterocycles. The first-order chi connectivity index (χ1) is 13.3. The van der Waals surface area contributed by atoms with Gasteiger partial charge in [0.1, 0.15) is 11.4 Å². The molecule has 0 atom stereocenters. The number of pyridine rings is 1. The number of ether oxygens (including phenoxy) is 2. The molecule has 0 radical (unpaired) electrons. The van der Waals surface area contributed by atoms with Crippen molar-refractivity contribution in [1.29, 1.82) is 0 Å². The van der Waals surface area contributed by atoms with Gasteiger partial charge in [-0.25, -0.2) is 0 Å². The quantitative estimate of drug-likeness (QED) is 0.747. The minimum Gasteiger partial charge on any atom is -0.455 e. The number of hydrogen-bond donors (Lipinski definition) is 1. The molecule has 1 aromatic carbocycles. The number of aromatic nitrogens is 3. The van der Waals surface area contributed by atoms with Crippen LogP contribution in [0.5, 0.6) is 11.5 Å². The van der Waals surface area contributed by atoms with Crippen LogP contribution in [0.2, 0.25) is 0 Å². The summed E-state index contributed by atoms with van der Waals surface area (Å²) in [7, 11) is 0. The predicted molar refractivity (Wildman–Crippen MR) is 100 cm³/mol. The number of carbonyl (C=O) groups is 1. The molecule has 0 aliphatic carbocycles. The van der Waals surface area contributed by atoms with Crippen molar-refractivity contribution in [3.05, 3.63) is 66.7 Å². The molecule has 7 nitrogen and oxygen atoms in total. The Balaban J connectivity index is 1.48. The molecule has 3 heterocycles. The topological polar surface area (TPSA) is 78.3 Å². The molecule has 0 bridgehead atoms. The smallest absolute Gasteiger partial charge is 0.276 e. The molecular formula is C20H20N4O3. The number of anilines is 1. The molecule has 27 heavy (non-hydrogen) atoms. The number of hydrogen-bond acceptors (Lipinski definition) is 5. The summed E-state index contributed by atoms with van der Waals surface area (Å²) in [5, 5.41) is 7.27. The van der Waals surface area contributed by atoms with Gasteiger partial charge in [0.05, 0.1) is 12.2 Å². The first-order valence-corrected chi connectivity index (χ1v) is 8.91. The second-order valence-electron chi connectivity index (χ2n) is 6.27. The van der Waals surface area contributed by atoms with Gasteiger partial charge in [-0.05, 0) is 31.0 Å². The average molecular weight is 364 g/mol. The molecule has 1 N–H and O–H groups in total. The minimum absolute atomic E-state index is 0.274. The van der Waals surface area contributed by atoms with E-state index in [1.54, 1.807) is 24.5 Å². The van der Waals surface area contributed by atoms with Gasteiger partial charge in [-0.2, -0.15) is 5.10 Å². The second kappa shape index (κ2) is 8.01. The van der Waals surface area contributed by atoms with E-state index in [1.807, 2.05) is 41.2 Å². The van der Waals surface area contributed by atoms with Crippen molar-refractivity contribution in [3.8, 4) is 11.5 Å². The fourth-order valence-corrected chi connectivity index (χ4v) is 2.98. The van der Waals surface area contributed by atoms with E-state index >= 15 is 0 Å². The lowest BCUT2D eigenvalue weighted by molar-refractivity contribution is 0.0661. The van der Waals surface area contributed by atoms with Gasteiger partial charge in [-0.15, -0.1) is 0 Å². The normalized spacial score (nSPS) is 14.7. The summed E-state index contributed by atoms with van der Waals surface area (Å²) in [6.45, 7) is 1.45. The molecule has 1 aliphatic heterocycles. The maximum Gasteiger partial charge on any atom is 0.276 e. The lowest BCUT2D eigenvalue weighted by Crippen LogP contribution is -2.21. The molecule has 7 heteroatoms. The summed E-state index contributed by atoms with van der Waals surface area (Å²) < 4.78 is 13.1. The minimum atomic E-state index is -0.299. The highest BCUT2D eigenvalue weighted by Gasteiger charge is 2.19. The number of carbonyl (C=O) groups excluding carboxylic acids is 1. The van der Waals surface area contributed by atoms with Gasteiger partial charge >= 0.3 is 0 Å². The Labute approximate surface area is 156 Å². The van der Waals surface area contributed by atoms with E-state index < -0.39 is 0 Å². The van der Waals surface area contributed by atoms with E-state index in [0.29, 0.717) is 22.9 Å². The molecule has 4 rings (SSSR count). The first kappa shape index (κ1) is 17.2. The summed E-state index contributed by atoms with van der Waals surface area (Å²) in [5.74, 6) is 0.906. The first-order valence-electron chi connectivity index (χ1n) is 8.91. The van der Waals surface area contributed by atoms with E-state index in [4.69, 9.17) is 9.47 Å². The highest BCUT2D eigenvalue weighted by Crippen LogP contribution is 2.28. The Hall–Kier alpha value is -3.19. The standard InChI is InChI=1S/C20H20N4O3/c25-20(17-7-11-24(23-17)15-8-12-26-13-9-15)22-18-14-21-10-6-19(18)27-16-4-2-1-3-5-16/h1-7,10-11,14-15H,8-9,12-13H2,(H,22,25). The van der Waals surface area contributed by atoms with Gasteiger partial charge < -0.3 is 14.8 Å². The van der Waals surface area contributed by atoms with Crippen molar-refractivity contribution in [2.24, 2.45) is 0 Å². The Morgan fingerprint density at radius 3 is 2.78 bits per heavy atom. The Morgan fingerprint density at radius 2 is 1.96 bits per heavy atom. The molecule has 3 aromatic rings. The van der Waals surface area contributed by atoms with Crippen LogP contribution < -0.4 is 10.1 Å². The second-order valence-corrected chi connectivity index (χ2v) is 6.27. The predicted octanol–water partition coefficient (Wildman–Crippen LogP) is 3.67. The highest BCUT2D eigenvalue weighted by atomic mass is 16.5. The molecule has 0 spiro atoms. The zero-order chi connectivity index (χ0) is 18.5. The fourth-order valence-electron chi connectivity index (χ4n) is 2.98. The van der Waals surface area contributed by atoms with Crippen molar-refractivity contribution in [3.63, 3.8) is 0 Å². The fraction of sp³-hybridized carbons (Fsp3) is 0.250. The van der Waals surface area contributed by atoms with E-state index in [9.17, 15) is 4.79 Å². The van der Waals surface area contributed by atoms with Crippen LogP contribution in [-0.2, 0) is 4.74 Å². The lowest BCUT2D eigenvalue weighted by atomic mass is 10.1. The largest absolute Gasteiger partial charge is 0.455 e. The Bertz CT molecular complexity index is 904. The van der Waals surface area contributed by atoms with E-state index in [2.05, 4.69) is 15.4 Å². The Morgan fingerprint density at radius 1 is 1.15 bits per heavy atom. The lowest BCUT2D eigenvalue weighted by Gasteiger charge is -2.22. The van der Waals surface area contributed by atoms with Crippen LogP contribution in [0.4, 0.5) is 5.69 Å². The monoisotopic (exact) mass is 364 g/mol. The highest BCUT2D eigenvalue weighted by molar-refractivity contribution is 6.03. The summed E-state index contributed by atoms with van der Waals surface area (Å²) in [6.07, 6.45) is 6.83. The van der Waals surface area contributed by atoms with Gasteiger partial charge in [-0.3, -0.25) is 14.5 Å². The number of rotatable bonds is 5. The zero-order valence-corrected chi connectivity index (χ0v) is 14.7. The molecule has 0 saturated carbocycles. The average Bonchev–Trinajstić information content (AvgIpc) is 3.21. The molecule has 2 aromatic heterocycles. The summed E-state index contributed by atoms with van der Waals surface area (Å²) in [5.41, 5.74) is 0.850. The van der Waals surface area contributed by atoms with Crippen molar-refractivity contribution in [2.75, 3.05) is 18.5 Å². The van der Waals surface area contributed by atoms with Crippen LogP contribution in [0.1, 0.15) is 29.4 Å². The van der Waals surface area contributed by atoms with E-state index in [-0.39, 0.29) is 11.9 Å². The molecular weight excluding hydrogens is 344 g/mol. The number of nitrogens with one attached hydrogen (secondary N) is 1. The maximum atomic E-state index is 12.6. The zero-order valence-electron chi connectivity index (χ0n) is 14.7. The summed E-state index contributed by atoms with van der Waals surface area (Å²) in [4.78, 5) is 16.7. The summed E-state index contributed by atoms with van der Waals surface area (Å²) >= 11 is 0. The van der Waals surface area contributed by atoms with Crippen LogP contribution in [0.3, 0.4) is 0 Å². The van der Waals surface area contributed by atoms with E-state index in [0.717, 1.165) is 26.1 Å². The van der Waals surface area contributed by atoms with Gasteiger partial charge in [0.15, 0.2) is 11.4 Å². The van der Waals surface area contributed by atoms with Crippen molar-refractivity contribution < 1.29 is 14.3 Å². The van der Waals surface area contributed by atoms with Crippen LogP contribution in [0, 0.1) is 0 Å². The SMILES string of the molecule is O=C(Nc1cnccc1Oc1ccccc1)c1ccn(C2CCOCC2)n1. The number of benzene rings is 1. The maximum absolute atomic E-state index is 12.6. The molecule has 0 unspecified atom stereocenters. The third kappa shape index (κ3) is 4.15. The molecule has 1 fully saturated rings. The van der Waals surface area contributed by atoms with Gasteiger partial charge in [0.25, 0.3) is 5.91 Å². The van der Waals surface area contributed by atoms with Gasteiger partial charge in [-0.1, -0.05) is 18.2 Å². The van der Waals surface area contributed by atoms with Gasteiger partial charge in [0.2, 0.25) is 0 Å². The third-order valence-electron chi connectivity index (χ3n) is 4.41. The van der Waals surface area contributed by atoms with Crippen LogP contribution >= 0.6 is 0 Å². The molecule has 138 valence electrons. The van der Waals surface area contributed by atoms with Crippen molar-refractivity contribution >= 4 is 11.6 Å². The van der Waals surface area contributed by atoms with Crippen LogP contribution in [0.25, 0.3) is 0 Å². The van der Waals surface area contributed by atoms with E-state index in [1.165, 1.54) is 0 Å². The van der Waals surface area contributed by atoms with Crippen LogP contribution in [0.15, 0.2) is 61.1 Å². The Kier molecular flexibility index (Phi) is 5.11. The number of nitrogens with zero attached hydrogens (tertiary/aromatic N) is 3. The van der Waals surface area contributed by atoms with Crippen molar-refractivity contribution in [2.45, 2.75) is 18.9 Å². The van der Waals surface area contributed by atoms with Gasteiger partial charge in [0, 0.05) is 31.7 Å². The summed E-state index contributed by atoms with van der Waals surface area (Å²) in [6, 6.07) is 13.1. The molecule has 1 aliphatic rings. The third-order valence-corrected chi connectivity index (χ3v) is 4.41. The van der Waals surface area contributed by atoms with Crippen molar-refractivity contribution in [1.82, 2.24) is 14.8 Å². The van der Waals surface area contributed by atoms with Crippen LogP contribution in [-0.4, -0.2) is 33.9 Å². The number of para-hydroxylation sites is 1. The molecule has 1 amide bonds. The number of amides is 1.